The smallest absolute Gasteiger partial charge is 0.317 e. The van der Waals surface area contributed by atoms with E-state index in [2.05, 4.69) is 17.6 Å². The molecule has 0 saturated heterocycles. The van der Waals surface area contributed by atoms with Crippen LogP contribution in [0.5, 0.6) is 0 Å². The van der Waals surface area contributed by atoms with Crippen LogP contribution in [0.1, 0.15) is 33.6 Å². The second kappa shape index (κ2) is 11.9. The van der Waals surface area contributed by atoms with Crippen LogP contribution >= 0.6 is 0 Å². The summed E-state index contributed by atoms with van der Waals surface area (Å²) in [6.45, 7) is 7.20. The summed E-state index contributed by atoms with van der Waals surface area (Å²) in [6, 6.07) is 21.1. The molecular weight excluding hydrogens is 414 g/mol. The molecular formula is C26H33N5O2. The Labute approximate surface area is 195 Å². The molecule has 1 heterocycles. The molecule has 0 radical (unpaired) electrons. The minimum atomic E-state index is -0.266. The van der Waals surface area contributed by atoms with Crippen LogP contribution in [0.3, 0.4) is 0 Å². The predicted octanol–water partition coefficient (Wildman–Crippen LogP) is 4.95. The number of para-hydroxylation sites is 1. The molecule has 3 amide bonds. The Morgan fingerprint density at radius 3 is 2.33 bits per heavy atom. The third-order valence-corrected chi connectivity index (χ3v) is 5.06. The number of hydrogen-bond acceptors (Lipinski definition) is 3. The van der Waals surface area contributed by atoms with Crippen molar-refractivity contribution in [3.05, 3.63) is 66.7 Å². The number of carbonyl (C=O) groups is 2. The van der Waals surface area contributed by atoms with Crippen molar-refractivity contribution in [2.24, 2.45) is 5.92 Å². The molecule has 0 aliphatic heterocycles. The zero-order valence-electron chi connectivity index (χ0n) is 19.6. The van der Waals surface area contributed by atoms with E-state index in [-0.39, 0.29) is 24.4 Å². The topological polar surface area (TPSA) is 79.3 Å². The Morgan fingerprint density at radius 1 is 1.03 bits per heavy atom. The Morgan fingerprint density at radius 2 is 1.70 bits per heavy atom. The Balaban J connectivity index is 1.80. The van der Waals surface area contributed by atoms with Gasteiger partial charge in [0.25, 0.3) is 0 Å². The molecule has 3 rings (SSSR count). The van der Waals surface area contributed by atoms with E-state index in [1.54, 1.807) is 9.58 Å². The third kappa shape index (κ3) is 6.94. The molecule has 0 aliphatic carbocycles. The molecule has 0 bridgehead atoms. The van der Waals surface area contributed by atoms with Crippen molar-refractivity contribution in [1.82, 2.24) is 20.0 Å². The first-order chi connectivity index (χ1) is 16.0. The van der Waals surface area contributed by atoms with E-state index in [0.717, 1.165) is 29.8 Å². The van der Waals surface area contributed by atoms with Crippen molar-refractivity contribution >= 4 is 17.8 Å². The van der Waals surface area contributed by atoms with Gasteiger partial charge in [-0.2, -0.15) is 5.10 Å². The van der Waals surface area contributed by atoms with Gasteiger partial charge in [-0.3, -0.25) is 4.79 Å². The van der Waals surface area contributed by atoms with Crippen LogP contribution in [-0.4, -0.2) is 46.3 Å². The minimum absolute atomic E-state index is 0.0310. The first kappa shape index (κ1) is 24.0. The number of benzene rings is 2. The number of aromatic nitrogens is 2. The maximum absolute atomic E-state index is 13.0. The SMILES string of the molecule is CCCCNC(=O)N(CC(=O)Nc1cc(-c2ccccc2)nn1-c1ccccc1)CC(C)C. The normalized spacial score (nSPS) is 10.8. The van der Waals surface area contributed by atoms with Crippen molar-refractivity contribution in [2.45, 2.75) is 33.6 Å². The molecule has 3 aromatic rings. The molecule has 0 saturated carbocycles. The number of nitrogens with one attached hydrogen (secondary N) is 2. The van der Waals surface area contributed by atoms with Crippen LogP contribution in [0, 0.1) is 5.92 Å². The zero-order valence-corrected chi connectivity index (χ0v) is 19.6. The summed E-state index contributed by atoms with van der Waals surface area (Å²) in [5, 5.41) is 10.6. The predicted molar refractivity (Wildman–Crippen MR) is 132 cm³/mol. The van der Waals surface area contributed by atoms with E-state index in [9.17, 15) is 9.59 Å². The van der Waals surface area contributed by atoms with Crippen LogP contribution in [-0.2, 0) is 4.79 Å². The van der Waals surface area contributed by atoms with Crippen molar-refractivity contribution < 1.29 is 9.59 Å². The molecule has 7 heteroatoms. The molecule has 1 aromatic heterocycles. The largest absolute Gasteiger partial charge is 0.338 e. The molecule has 33 heavy (non-hydrogen) atoms. The number of rotatable bonds is 10. The molecule has 0 spiro atoms. The second-order valence-corrected chi connectivity index (χ2v) is 8.44. The standard InChI is InChI=1S/C26H33N5O2/c1-4-5-16-27-26(33)30(18-20(2)3)19-25(32)28-24-17-23(21-12-8-6-9-13-21)29-31(24)22-14-10-7-11-15-22/h6-15,17,20H,4-5,16,18-19H2,1-3H3,(H,27,33)(H,28,32). The van der Waals surface area contributed by atoms with E-state index in [1.807, 2.05) is 80.6 Å². The first-order valence-electron chi connectivity index (χ1n) is 11.5. The first-order valence-corrected chi connectivity index (χ1v) is 11.5. The lowest BCUT2D eigenvalue weighted by Gasteiger charge is -2.24. The summed E-state index contributed by atoms with van der Waals surface area (Å²) >= 11 is 0. The van der Waals surface area contributed by atoms with E-state index >= 15 is 0 Å². The molecule has 0 aliphatic rings. The minimum Gasteiger partial charge on any atom is -0.338 e. The molecule has 2 N–H and O–H groups in total. The monoisotopic (exact) mass is 447 g/mol. The molecule has 0 fully saturated rings. The quantitative estimate of drug-likeness (QED) is 0.432. The van der Waals surface area contributed by atoms with E-state index in [4.69, 9.17) is 5.10 Å². The Hall–Kier alpha value is -3.61. The molecule has 0 atom stereocenters. The van der Waals surface area contributed by atoms with Crippen LogP contribution in [0.4, 0.5) is 10.6 Å². The number of anilines is 1. The van der Waals surface area contributed by atoms with Crippen LogP contribution in [0.25, 0.3) is 16.9 Å². The highest BCUT2D eigenvalue weighted by atomic mass is 16.2. The van der Waals surface area contributed by atoms with Crippen molar-refractivity contribution in [3.63, 3.8) is 0 Å². The summed E-state index contributed by atoms with van der Waals surface area (Å²) in [6.07, 6.45) is 1.91. The third-order valence-electron chi connectivity index (χ3n) is 5.06. The number of amides is 3. The summed E-state index contributed by atoms with van der Waals surface area (Å²) in [4.78, 5) is 27.2. The molecule has 2 aromatic carbocycles. The fourth-order valence-electron chi connectivity index (χ4n) is 3.49. The maximum Gasteiger partial charge on any atom is 0.317 e. The number of urea groups is 1. The second-order valence-electron chi connectivity index (χ2n) is 8.44. The highest BCUT2D eigenvalue weighted by molar-refractivity contribution is 5.94. The highest BCUT2D eigenvalue weighted by Crippen LogP contribution is 2.24. The average Bonchev–Trinajstić information content (AvgIpc) is 3.23. The van der Waals surface area contributed by atoms with Crippen LogP contribution < -0.4 is 10.6 Å². The van der Waals surface area contributed by atoms with Gasteiger partial charge in [0.2, 0.25) is 5.91 Å². The van der Waals surface area contributed by atoms with Crippen LogP contribution in [0.15, 0.2) is 66.7 Å². The van der Waals surface area contributed by atoms with Gasteiger partial charge in [0.1, 0.15) is 12.4 Å². The van der Waals surface area contributed by atoms with Gasteiger partial charge in [0, 0.05) is 24.7 Å². The van der Waals surface area contributed by atoms with Gasteiger partial charge in [-0.25, -0.2) is 9.48 Å². The van der Waals surface area contributed by atoms with Gasteiger partial charge in [0.05, 0.1) is 11.4 Å². The summed E-state index contributed by atoms with van der Waals surface area (Å²) < 4.78 is 1.72. The van der Waals surface area contributed by atoms with E-state index in [1.165, 1.54) is 0 Å². The van der Waals surface area contributed by atoms with E-state index in [0.29, 0.717) is 18.9 Å². The lowest BCUT2D eigenvalue weighted by molar-refractivity contribution is -0.116. The number of hydrogen-bond donors (Lipinski definition) is 2. The van der Waals surface area contributed by atoms with Gasteiger partial charge >= 0.3 is 6.03 Å². The molecule has 0 unspecified atom stereocenters. The molecule has 7 nitrogen and oxygen atoms in total. The lowest BCUT2D eigenvalue weighted by atomic mass is 10.1. The fourth-order valence-corrected chi connectivity index (χ4v) is 3.49. The van der Waals surface area contributed by atoms with Gasteiger partial charge < -0.3 is 15.5 Å². The zero-order chi connectivity index (χ0) is 23.6. The van der Waals surface area contributed by atoms with Crippen LogP contribution in [0.2, 0.25) is 0 Å². The average molecular weight is 448 g/mol. The van der Waals surface area contributed by atoms with Crippen molar-refractivity contribution in [2.75, 3.05) is 25.0 Å². The van der Waals surface area contributed by atoms with Gasteiger partial charge in [0.15, 0.2) is 0 Å². The van der Waals surface area contributed by atoms with Gasteiger partial charge in [-0.1, -0.05) is 75.7 Å². The number of unbranched alkanes of at least 4 members (excludes halogenated alkanes) is 1. The van der Waals surface area contributed by atoms with Crippen molar-refractivity contribution in [1.29, 1.82) is 0 Å². The number of carbonyl (C=O) groups excluding carboxylic acids is 2. The van der Waals surface area contributed by atoms with Gasteiger partial charge in [-0.15, -0.1) is 0 Å². The highest BCUT2D eigenvalue weighted by Gasteiger charge is 2.20. The van der Waals surface area contributed by atoms with E-state index < -0.39 is 0 Å². The van der Waals surface area contributed by atoms with Crippen molar-refractivity contribution in [3.8, 4) is 16.9 Å². The summed E-state index contributed by atoms with van der Waals surface area (Å²) in [5.41, 5.74) is 2.55. The Bertz CT molecular complexity index is 1030. The molecule has 174 valence electrons. The Kier molecular flexibility index (Phi) is 8.63. The van der Waals surface area contributed by atoms with Gasteiger partial charge in [-0.05, 0) is 24.5 Å². The number of nitrogens with zero attached hydrogens (tertiary/aromatic N) is 3. The lowest BCUT2D eigenvalue weighted by Crippen LogP contribution is -2.46. The summed E-state index contributed by atoms with van der Waals surface area (Å²) in [7, 11) is 0. The summed E-state index contributed by atoms with van der Waals surface area (Å²) in [5.74, 6) is 0.535. The fraction of sp³-hybridized carbons (Fsp3) is 0.346. The maximum atomic E-state index is 13.0.